The topological polar surface area (TPSA) is 77.1 Å². The number of amides is 1. The number of aromatic nitrogens is 1. The lowest BCUT2D eigenvalue weighted by Crippen LogP contribution is -2.15. The van der Waals surface area contributed by atoms with Crippen molar-refractivity contribution in [2.24, 2.45) is 12.2 Å². The highest BCUT2D eigenvalue weighted by Crippen LogP contribution is 2.32. The van der Waals surface area contributed by atoms with E-state index in [9.17, 15) is 9.00 Å². The fourth-order valence-corrected chi connectivity index (χ4v) is 3.22. The quantitative estimate of drug-likeness (QED) is 0.724. The molecule has 3 N–H and O–H groups in total. The van der Waals surface area contributed by atoms with E-state index in [1.54, 1.807) is 48.0 Å². The highest BCUT2D eigenvalue weighted by atomic mass is 35.5. The lowest BCUT2D eigenvalue weighted by atomic mass is 10.2. The molecule has 0 radical (unpaired) electrons. The number of benzene rings is 2. The minimum absolute atomic E-state index is 0.289. The molecule has 8 heteroatoms. The maximum Gasteiger partial charge on any atom is 0.272 e. The van der Waals surface area contributed by atoms with Crippen molar-refractivity contribution < 1.29 is 9.00 Å². The number of fused-ring (bicyclic) bond motifs is 1. The van der Waals surface area contributed by atoms with Crippen LogP contribution in [0.25, 0.3) is 10.9 Å². The average Bonchev–Trinajstić information content (AvgIpc) is 2.89. The van der Waals surface area contributed by atoms with Crippen molar-refractivity contribution in [3.05, 3.63) is 58.2 Å². The van der Waals surface area contributed by atoms with Gasteiger partial charge in [-0.1, -0.05) is 23.2 Å². The molecule has 1 heterocycles. The van der Waals surface area contributed by atoms with Crippen molar-refractivity contribution >= 4 is 56.7 Å². The Balaban J connectivity index is 1.92. The van der Waals surface area contributed by atoms with Gasteiger partial charge in [0.1, 0.15) is 16.7 Å². The number of aryl methyl sites for hydroxylation is 1. The monoisotopic (exact) mass is 381 g/mol. The molecular weight excluding hydrogens is 369 g/mol. The maximum absolute atomic E-state index is 12.5. The van der Waals surface area contributed by atoms with Crippen LogP contribution in [-0.4, -0.2) is 14.7 Å². The Labute approximate surface area is 150 Å². The molecule has 0 saturated heterocycles. The number of carbonyl (C=O) groups is 1. The van der Waals surface area contributed by atoms with Gasteiger partial charge >= 0.3 is 0 Å². The van der Waals surface area contributed by atoms with E-state index in [1.165, 1.54) is 0 Å². The van der Waals surface area contributed by atoms with Gasteiger partial charge in [-0.05, 0) is 42.5 Å². The van der Waals surface area contributed by atoms with Crippen LogP contribution in [0.2, 0.25) is 10.0 Å². The standard InChI is InChI=1S/C16H13Cl2N3O2S/c1-21-13-7-6-12(17)15(18)11(13)8-14(21)16(22)20-9-2-4-10(5-3-9)24(19)23/h2-8H,19H2,1H3,(H,20,22). The van der Waals surface area contributed by atoms with Crippen molar-refractivity contribution in [3.8, 4) is 0 Å². The molecule has 0 bridgehead atoms. The number of nitrogens with two attached hydrogens (primary N) is 1. The van der Waals surface area contributed by atoms with Crippen LogP contribution in [0.5, 0.6) is 0 Å². The van der Waals surface area contributed by atoms with Crippen LogP contribution in [0.4, 0.5) is 5.69 Å². The second kappa shape index (κ2) is 6.57. The van der Waals surface area contributed by atoms with Crippen LogP contribution >= 0.6 is 23.2 Å². The van der Waals surface area contributed by atoms with Crippen molar-refractivity contribution in [1.29, 1.82) is 0 Å². The Morgan fingerprint density at radius 3 is 2.46 bits per heavy atom. The summed E-state index contributed by atoms with van der Waals surface area (Å²) in [7, 11) is 0.231. The molecule has 0 aliphatic carbocycles. The molecule has 3 rings (SSSR count). The SMILES string of the molecule is Cn1c(C(=O)Nc2ccc(S(N)=O)cc2)cc2c(Cl)c(Cl)ccc21. The molecule has 3 aromatic rings. The molecule has 24 heavy (non-hydrogen) atoms. The summed E-state index contributed by atoms with van der Waals surface area (Å²) < 4.78 is 12.9. The number of rotatable bonds is 3. The second-order valence-electron chi connectivity index (χ2n) is 5.16. The van der Waals surface area contributed by atoms with E-state index in [-0.39, 0.29) is 5.91 Å². The van der Waals surface area contributed by atoms with E-state index in [0.29, 0.717) is 31.7 Å². The third-order valence-corrected chi connectivity index (χ3v) is 5.25. The predicted octanol–water partition coefficient (Wildman–Crippen LogP) is 3.72. The van der Waals surface area contributed by atoms with Crippen LogP contribution in [0.1, 0.15) is 10.5 Å². The van der Waals surface area contributed by atoms with Crippen LogP contribution in [-0.2, 0) is 18.0 Å². The molecule has 124 valence electrons. The molecule has 1 unspecified atom stereocenters. The number of anilines is 1. The zero-order valence-electron chi connectivity index (χ0n) is 12.5. The Bertz CT molecular complexity index is 968. The molecule has 0 spiro atoms. The van der Waals surface area contributed by atoms with Crippen molar-refractivity contribution in [2.45, 2.75) is 4.90 Å². The highest BCUT2D eigenvalue weighted by molar-refractivity contribution is 7.82. The number of halogens is 2. The largest absolute Gasteiger partial charge is 0.340 e. The zero-order chi connectivity index (χ0) is 17.4. The number of hydrogen-bond acceptors (Lipinski definition) is 2. The number of carbonyl (C=O) groups excluding carboxylic acids is 1. The van der Waals surface area contributed by atoms with Gasteiger partial charge < -0.3 is 9.88 Å². The normalized spacial score (nSPS) is 12.3. The summed E-state index contributed by atoms with van der Waals surface area (Å²) in [6.45, 7) is 0. The van der Waals surface area contributed by atoms with Gasteiger partial charge in [0.15, 0.2) is 0 Å². The Morgan fingerprint density at radius 2 is 1.83 bits per heavy atom. The molecule has 0 saturated carbocycles. The highest BCUT2D eigenvalue weighted by Gasteiger charge is 2.16. The molecule has 1 aromatic heterocycles. The van der Waals surface area contributed by atoms with Crippen LogP contribution < -0.4 is 10.5 Å². The van der Waals surface area contributed by atoms with Crippen LogP contribution in [0.3, 0.4) is 0 Å². The summed E-state index contributed by atoms with van der Waals surface area (Å²) in [6.07, 6.45) is 0. The summed E-state index contributed by atoms with van der Waals surface area (Å²) in [5, 5.41) is 9.65. The Hall–Kier alpha value is -1.86. The van der Waals surface area contributed by atoms with E-state index in [4.69, 9.17) is 28.3 Å². The predicted molar refractivity (Wildman–Crippen MR) is 97.9 cm³/mol. The van der Waals surface area contributed by atoms with E-state index in [0.717, 1.165) is 5.52 Å². The van der Waals surface area contributed by atoms with E-state index in [1.807, 2.05) is 6.07 Å². The summed E-state index contributed by atoms with van der Waals surface area (Å²) in [5.41, 5.74) is 1.83. The fraction of sp³-hybridized carbons (Fsp3) is 0.0625. The maximum atomic E-state index is 12.5. The number of nitrogens with one attached hydrogen (secondary N) is 1. The first-order chi connectivity index (χ1) is 11.4. The first-order valence-electron chi connectivity index (χ1n) is 6.89. The summed E-state index contributed by atoms with van der Waals surface area (Å²) in [4.78, 5) is 13.0. The minimum atomic E-state index is -1.55. The molecule has 0 aliphatic heterocycles. The summed E-state index contributed by atoms with van der Waals surface area (Å²) in [6, 6.07) is 11.7. The van der Waals surface area contributed by atoms with Crippen molar-refractivity contribution in [2.75, 3.05) is 5.32 Å². The van der Waals surface area contributed by atoms with Crippen molar-refractivity contribution in [1.82, 2.24) is 4.57 Å². The molecule has 0 aliphatic rings. The van der Waals surface area contributed by atoms with E-state index in [2.05, 4.69) is 5.32 Å². The van der Waals surface area contributed by atoms with Gasteiger partial charge in [-0.15, -0.1) is 0 Å². The minimum Gasteiger partial charge on any atom is -0.340 e. The first-order valence-corrected chi connectivity index (χ1v) is 8.86. The molecule has 2 aromatic carbocycles. The third kappa shape index (κ3) is 3.06. The molecule has 5 nitrogen and oxygen atoms in total. The van der Waals surface area contributed by atoms with Crippen LogP contribution in [0, 0.1) is 0 Å². The van der Waals surface area contributed by atoms with E-state index >= 15 is 0 Å². The number of hydrogen-bond donors (Lipinski definition) is 2. The van der Waals surface area contributed by atoms with Gasteiger partial charge in [-0.3, -0.25) is 4.79 Å². The summed E-state index contributed by atoms with van der Waals surface area (Å²) >= 11 is 12.2. The molecular formula is C16H13Cl2N3O2S. The van der Waals surface area contributed by atoms with Gasteiger partial charge in [-0.2, -0.15) is 0 Å². The fourth-order valence-electron chi connectivity index (χ4n) is 2.43. The Morgan fingerprint density at radius 1 is 1.17 bits per heavy atom. The van der Waals surface area contributed by atoms with Crippen molar-refractivity contribution in [3.63, 3.8) is 0 Å². The lowest BCUT2D eigenvalue weighted by molar-refractivity contribution is 0.102. The Kier molecular flexibility index (Phi) is 4.64. The lowest BCUT2D eigenvalue weighted by Gasteiger charge is -2.07. The van der Waals surface area contributed by atoms with Gasteiger partial charge in [-0.25, -0.2) is 9.35 Å². The molecule has 1 atom stereocenters. The summed E-state index contributed by atoms with van der Waals surface area (Å²) in [5.74, 6) is -0.289. The second-order valence-corrected chi connectivity index (χ2v) is 7.01. The zero-order valence-corrected chi connectivity index (χ0v) is 14.9. The van der Waals surface area contributed by atoms with E-state index < -0.39 is 11.0 Å². The van der Waals surface area contributed by atoms with Gasteiger partial charge in [0, 0.05) is 23.6 Å². The molecule has 0 fully saturated rings. The first kappa shape index (κ1) is 17.0. The van der Waals surface area contributed by atoms with Gasteiger partial charge in [0.2, 0.25) is 0 Å². The molecule has 1 amide bonds. The average molecular weight is 382 g/mol. The number of nitrogens with zero attached hydrogens (tertiary/aromatic N) is 1. The smallest absolute Gasteiger partial charge is 0.272 e. The van der Waals surface area contributed by atoms with Gasteiger partial charge in [0.05, 0.1) is 14.9 Å². The van der Waals surface area contributed by atoms with Crippen LogP contribution in [0.15, 0.2) is 47.4 Å². The van der Waals surface area contributed by atoms with Gasteiger partial charge in [0.25, 0.3) is 5.91 Å². The third-order valence-electron chi connectivity index (χ3n) is 3.69.